The van der Waals surface area contributed by atoms with Gasteiger partial charge in [0.05, 0.1) is 12.3 Å². The monoisotopic (exact) mass is 274 g/mol. The van der Waals surface area contributed by atoms with Crippen molar-refractivity contribution in [2.24, 2.45) is 5.92 Å². The van der Waals surface area contributed by atoms with Gasteiger partial charge in [-0.15, -0.1) is 0 Å². The number of aliphatic carboxylic acids is 1. The topological polar surface area (TPSA) is 69.6 Å². The van der Waals surface area contributed by atoms with Crippen molar-refractivity contribution in [2.45, 2.75) is 25.8 Å². The van der Waals surface area contributed by atoms with Gasteiger partial charge < -0.3 is 10.4 Å². The van der Waals surface area contributed by atoms with Crippen LogP contribution in [0.3, 0.4) is 0 Å². The summed E-state index contributed by atoms with van der Waals surface area (Å²) >= 11 is 0. The van der Waals surface area contributed by atoms with Crippen molar-refractivity contribution >= 4 is 17.6 Å². The minimum Gasteiger partial charge on any atom is -0.481 e. The number of benzene rings is 1. The van der Waals surface area contributed by atoms with Crippen LogP contribution < -0.4 is 5.32 Å². The highest BCUT2D eigenvalue weighted by molar-refractivity contribution is 5.99. The van der Waals surface area contributed by atoms with E-state index in [1.54, 1.807) is 0 Å². The molecular weight excluding hydrogens is 256 g/mol. The summed E-state index contributed by atoms with van der Waals surface area (Å²) in [7, 11) is 0. The van der Waals surface area contributed by atoms with E-state index in [9.17, 15) is 9.59 Å². The predicted molar refractivity (Wildman–Crippen MR) is 74.4 cm³/mol. The first-order chi connectivity index (χ1) is 9.61. The Morgan fingerprint density at radius 1 is 1.45 bits per heavy atom. The Labute approximate surface area is 117 Å². The Kier molecular flexibility index (Phi) is 3.44. The van der Waals surface area contributed by atoms with Gasteiger partial charge >= 0.3 is 5.97 Å². The fourth-order valence-corrected chi connectivity index (χ4v) is 3.04. The zero-order chi connectivity index (χ0) is 14.1. The van der Waals surface area contributed by atoms with E-state index >= 15 is 0 Å². The van der Waals surface area contributed by atoms with Crippen LogP contribution in [0.25, 0.3) is 0 Å². The number of fused-ring (bicyclic) bond motifs is 1. The van der Waals surface area contributed by atoms with Crippen LogP contribution in [0, 0.1) is 5.92 Å². The fourth-order valence-electron chi connectivity index (χ4n) is 3.04. The normalized spacial score (nSPS) is 22.4. The number of carboxylic acid groups (broad SMARTS) is 1. The van der Waals surface area contributed by atoms with E-state index in [0.717, 1.165) is 42.7 Å². The van der Waals surface area contributed by atoms with Crippen LogP contribution in [0.5, 0.6) is 0 Å². The second-order valence-electron chi connectivity index (χ2n) is 5.63. The first-order valence-electron chi connectivity index (χ1n) is 6.98. The minimum atomic E-state index is -0.696. The van der Waals surface area contributed by atoms with Crippen molar-refractivity contribution in [1.29, 1.82) is 0 Å². The summed E-state index contributed by atoms with van der Waals surface area (Å²) in [5.41, 5.74) is 3.09. The van der Waals surface area contributed by atoms with Crippen molar-refractivity contribution in [3.63, 3.8) is 0 Å². The molecule has 5 nitrogen and oxygen atoms in total. The lowest BCUT2D eigenvalue weighted by Gasteiger charge is -2.30. The van der Waals surface area contributed by atoms with E-state index in [2.05, 4.69) is 16.3 Å². The van der Waals surface area contributed by atoms with Crippen molar-refractivity contribution in [3.8, 4) is 0 Å². The Bertz CT molecular complexity index is 556. The maximum absolute atomic E-state index is 11.3. The SMILES string of the molecule is O=C1Cc2cc(CN3CCCC(C(=O)O)C3)ccc2N1. The van der Waals surface area contributed by atoms with Crippen LogP contribution >= 0.6 is 0 Å². The molecule has 1 atom stereocenters. The number of carboxylic acids is 1. The van der Waals surface area contributed by atoms with Gasteiger partial charge in [0.25, 0.3) is 0 Å². The molecule has 0 bridgehead atoms. The van der Waals surface area contributed by atoms with Gasteiger partial charge in [-0.1, -0.05) is 12.1 Å². The summed E-state index contributed by atoms with van der Waals surface area (Å²) in [5, 5.41) is 11.9. The average Bonchev–Trinajstić information content (AvgIpc) is 2.78. The molecule has 106 valence electrons. The number of carbonyl (C=O) groups is 2. The number of amides is 1. The second kappa shape index (κ2) is 5.25. The van der Waals surface area contributed by atoms with Gasteiger partial charge in [0.1, 0.15) is 0 Å². The number of nitrogens with zero attached hydrogens (tertiary/aromatic N) is 1. The van der Waals surface area contributed by atoms with Gasteiger partial charge in [-0.2, -0.15) is 0 Å². The van der Waals surface area contributed by atoms with E-state index in [1.807, 2.05) is 12.1 Å². The lowest BCUT2D eigenvalue weighted by atomic mass is 9.97. The molecule has 1 saturated heterocycles. The van der Waals surface area contributed by atoms with Crippen molar-refractivity contribution < 1.29 is 14.7 Å². The number of carbonyl (C=O) groups excluding carboxylic acids is 1. The quantitative estimate of drug-likeness (QED) is 0.876. The molecule has 0 saturated carbocycles. The molecule has 2 aliphatic rings. The van der Waals surface area contributed by atoms with Crippen molar-refractivity contribution in [3.05, 3.63) is 29.3 Å². The Morgan fingerprint density at radius 2 is 2.30 bits per heavy atom. The van der Waals surface area contributed by atoms with Crippen LogP contribution in [-0.2, 0) is 22.6 Å². The van der Waals surface area contributed by atoms with Crippen LogP contribution in [-0.4, -0.2) is 35.0 Å². The number of likely N-dealkylation sites (tertiary alicyclic amines) is 1. The Hall–Kier alpha value is -1.88. The maximum atomic E-state index is 11.3. The highest BCUT2D eigenvalue weighted by atomic mass is 16.4. The van der Waals surface area contributed by atoms with E-state index in [1.165, 1.54) is 0 Å². The zero-order valence-electron chi connectivity index (χ0n) is 11.3. The standard InChI is InChI=1S/C15H18N2O3/c18-14-7-12-6-10(3-4-13(12)16-14)8-17-5-1-2-11(9-17)15(19)20/h3-4,6,11H,1-2,5,7-9H2,(H,16,18)(H,19,20). The largest absolute Gasteiger partial charge is 0.481 e. The fraction of sp³-hybridized carbons (Fsp3) is 0.467. The number of hydrogen-bond donors (Lipinski definition) is 2. The Morgan fingerprint density at radius 3 is 3.10 bits per heavy atom. The molecule has 2 heterocycles. The summed E-state index contributed by atoms with van der Waals surface area (Å²) in [4.78, 5) is 24.6. The molecule has 0 radical (unpaired) electrons. The Balaban J connectivity index is 1.68. The molecule has 0 aromatic heterocycles. The van der Waals surface area contributed by atoms with E-state index in [0.29, 0.717) is 13.0 Å². The molecule has 1 aromatic rings. The van der Waals surface area contributed by atoms with Crippen LogP contribution in [0.4, 0.5) is 5.69 Å². The molecule has 5 heteroatoms. The second-order valence-corrected chi connectivity index (χ2v) is 5.63. The summed E-state index contributed by atoms with van der Waals surface area (Å²) in [6.45, 7) is 2.31. The maximum Gasteiger partial charge on any atom is 0.307 e. The third kappa shape index (κ3) is 2.67. The van der Waals surface area contributed by atoms with Gasteiger partial charge in [-0.25, -0.2) is 0 Å². The van der Waals surface area contributed by atoms with Gasteiger partial charge in [0.2, 0.25) is 5.91 Å². The molecule has 3 rings (SSSR count). The molecule has 1 fully saturated rings. The number of piperidine rings is 1. The van der Waals surface area contributed by atoms with Crippen molar-refractivity contribution in [1.82, 2.24) is 4.90 Å². The smallest absolute Gasteiger partial charge is 0.307 e. The van der Waals surface area contributed by atoms with Gasteiger partial charge in [-0.05, 0) is 36.6 Å². The molecule has 0 spiro atoms. The number of anilines is 1. The molecule has 20 heavy (non-hydrogen) atoms. The molecule has 0 aliphatic carbocycles. The molecule has 1 unspecified atom stereocenters. The van der Waals surface area contributed by atoms with Crippen molar-refractivity contribution in [2.75, 3.05) is 18.4 Å². The first kappa shape index (κ1) is 13.1. The molecule has 2 aliphatic heterocycles. The summed E-state index contributed by atoms with van der Waals surface area (Å²) in [6.07, 6.45) is 2.15. The third-order valence-electron chi connectivity index (χ3n) is 4.06. The highest BCUT2D eigenvalue weighted by Gasteiger charge is 2.25. The van der Waals surface area contributed by atoms with Crippen LogP contribution in [0.1, 0.15) is 24.0 Å². The third-order valence-corrected chi connectivity index (χ3v) is 4.06. The van der Waals surface area contributed by atoms with Crippen LogP contribution in [0.15, 0.2) is 18.2 Å². The van der Waals surface area contributed by atoms with Gasteiger partial charge in [-0.3, -0.25) is 14.5 Å². The first-order valence-corrected chi connectivity index (χ1v) is 6.98. The highest BCUT2D eigenvalue weighted by Crippen LogP contribution is 2.25. The molecule has 1 amide bonds. The predicted octanol–water partition coefficient (Wildman–Crippen LogP) is 1.48. The zero-order valence-corrected chi connectivity index (χ0v) is 11.3. The number of nitrogens with one attached hydrogen (secondary N) is 1. The van der Waals surface area contributed by atoms with E-state index < -0.39 is 5.97 Å². The minimum absolute atomic E-state index is 0.0427. The number of rotatable bonds is 3. The van der Waals surface area contributed by atoms with E-state index in [4.69, 9.17) is 5.11 Å². The van der Waals surface area contributed by atoms with Gasteiger partial charge in [0, 0.05) is 18.8 Å². The molecular formula is C15H18N2O3. The summed E-state index contributed by atoms with van der Waals surface area (Å²) < 4.78 is 0. The van der Waals surface area contributed by atoms with Crippen LogP contribution in [0.2, 0.25) is 0 Å². The summed E-state index contributed by atoms with van der Waals surface area (Å²) in [6, 6.07) is 6.00. The molecule has 1 aromatic carbocycles. The lowest BCUT2D eigenvalue weighted by Crippen LogP contribution is -2.38. The van der Waals surface area contributed by atoms with Gasteiger partial charge in [0.15, 0.2) is 0 Å². The average molecular weight is 274 g/mol. The lowest BCUT2D eigenvalue weighted by molar-refractivity contribution is -0.143. The number of hydrogen-bond acceptors (Lipinski definition) is 3. The van der Waals surface area contributed by atoms with E-state index in [-0.39, 0.29) is 11.8 Å². The summed E-state index contributed by atoms with van der Waals surface area (Å²) in [5.74, 6) is -0.902. The molecule has 2 N–H and O–H groups in total.